The summed E-state index contributed by atoms with van der Waals surface area (Å²) in [4.78, 5) is 24.7. The van der Waals surface area contributed by atoms with Crippen LogP contribution in [0.5, 0.6) is 0 Å². The summed E-state index contributed by atoms with van der Waals surface area (Å²) in [5.41, 5.74) is 1.85. The van der Waals surface area contributed by atoms with Crippen molar-refractivity contribution in [2.45, 2.75) is 13.0 Å². The van der Waals surface area contributed by atoms with Gasteiger partial charge in [-0.3, -0.25) is 9.88 Å². The molecule has 7 heteroatoms. The van der Waals surface area contributed by atoms with Gasteiger partial charge in [-0.05, 0) is 30.2 Å². The van der Waals surface area contributed by atoms with Crippen LogP contribution >= 0.6 is 11.6 Å². The number of halogens is 1. The lowest BCUT2D eigenvalue weighted by Crippen LogP contribution is -2.38. The Morgan fingerprint density at radius 3 is 2.83 bits per heavy atom. The van der Waals surface area contributed by atoms with Gasteiger partial charge >= 0.3 is 6.03 Å². The first-order valence-electron chi connectivity index (χ1n) is 7.99. The van der Waals surface area contributed by atoms with E-state index in [0.29, 0.717) is 17.4 Å². The van der Waals surface area contributed by atoms with Crippen molar-refractivity contribution < 1.29 is 4.79 Å². The van der Waals surface area contributed by atoms with Gasteiger partial charge in [0.1, 0.15) is 5.15 Å². The number of urea groups is 1. The number of hydrogen-bond donors (Lipinski definition) is 1. The van der Waals surface area contributed by atoms with E-state index in [1.54, 1.807) is 24.5 Å². The van der Waals surface area contributed by atoms with Crippen LogP contribution in [0.15, 0.2) is 42.9 Å². The smallest absolute Gasteiger partial charge is 0.321 e. The lowest BCUT2D eigenvalue weighted by atomic mass is 10.2. The normalized spacial score (nSPS) is 15.8. The molecule has 1 aliphatic rings. The number of carbonyl (C=O) groups excluding carboxylic acids is 1. The zero-order valence-electron chi connectivity index (χ0n) is 13.4. The third-order valence-electron chi connectivity index (χ3n) is 3.98. The molecule has 0 radical (unpaired) electrons. The number of carbonyl (C=O) groups is 1. The van der Waals surface area contributed by atoms with Crippen LogP contribution in [-0.2, 0) is 6.54 Å². The molecule has 3 heterocycles. The number of rotatable bonds is 3. The highest BCUT2D eigenvalue weighted by molar-refractivity contribution is 6.29. The molecule has 1 fully saturated rings. The standard InChI is InChI=1S/C17H20ClN5O/c18-16-5-4-15(12-20-16)21-17(24)23-8-2-7-22(9-10-23)13-14-3-1-6-19-11-14/h1,3-6,11-12H,2,7-10,13H2,(H,21,24). The predicted molar refractivity (Wildman–Crippen MR) is 94.0 cm³/mol. The minimum atomic E-state index is -0.0950. The molecule has 0 atom stereocenters. The fraction of sp³-hybridized carbons (Fsp3) is 0.353. The molecule has 1 aliphatic heterocycles. The topological polar surface area (TPSA) is 61.4 Å². The summed E-state index contributed by atoms with van der Waals surface area (Å²) >= 11 is 5.76. The maximum absolute atomic E-state index is 12.4. The first-order chi connectivity index (χ1) is 11.7. The number of nitrogens with zero attached hydrogens (tertiary/aromatic N) is 4. The molecule has 0 saturated carbocycles. The van der Waals surface area contributed by atoms with Crippen LogP contribution in [0.4, 0.5) is 10.5 Å². The molecule has 0 aliphatic carbocycles. The molecule has 1 saturated heterocycles. The molecule has 126 valence electrons. The van der Waals surface area contributed by atoms with Gasteiger partial charge in [-0.1, -0.05) is 17.7 Å². The van der Waals surface area contributed by atoms with Crippen molar-refractivity contribution in [3.8, 4) is 0 Å². The maximum atomic E-state index is 12.4. The molecular weight excluding hydrogens is 326 g/mol. The van der Waals surface area contributed by atoms with Gasteiger partial charge in [-0.25, -0.2) is 9.78 Å². The monoisotopic (exact) mass is 345 g/mol. The van der Waals surface area contributed by atoms with Gasteiger partial charge in [0, 0.05) is 45.1 Å². The predicted octanol–water partition coefficient (Wildman–Crippen LogP) is 2.87. The van der Waals surface area contributed by atoms with Crippen LogP contribution in [0.1, 0.15) is 12.0 Å². The fourth-order valence-electron chi connectivity index (χ4n) is 2.73. The molecule has 2 aromatic heterocycles. The van der Waals surface area contributed by atoms with Crippen LogP contribution in [0.25, 0.3) is 0 Å². The Labute approximate surface area is 146 Å². The van der Waals surface area contributed by atoms with E-state index in [-0.39, 0.29) is 6.03 Å². The zero-order valence-corrected chi connectivity index (χ0v) is 14.1. The molecule has 2 aromatic rings. The minimum absolute atomic E-state index is 0.0950. The highest BCUT2D eigenvalue weighted by Crippen LogP contribution is 2.12. The van der Waals surface area contributed by atoms with Gasteiger partial charge in [0.05, 0.1) is 11.9 Å². The van der Waals surface area contributed by atoms with Gasteiger partial charge < -0.3 is 10.2 Å². The second-order valence-electron chi connectivity index (χ2n) is 5.78. The lowest BCUT2D eigenvalue weighted by molar-refractivity contribution is 0.211. The van der Waals surface area contributed by atoms with Crippen LogP contribution in [0, 0.1) is 0 Å². The number of anilines is 1. The minimum Gasteiger partial charge on any atom is -0.323 e. The summed E-state index contributed by atoms with van der Waals surface area (Å²) < 4.78 is 0. The van der Waals surface area contributed by atoms with Crippen molar-refractivity contribution in [2.75, 3.05) is 31.5 Å². The van der Waals surface area contributed by atoms with E-state index < -0.39 is 0 Å². The SMILES string of the molecule is O=C(Nc1ccc(Cl)nc1)N1CCCN(Cc2cccnc2)CC1. The number of aromatic nitrogens is 2. The Morgan fingerprint density at radius 1 is 1.17 bits per heavy atom. The van der Waals surface area contributed by atoms with Crippen molar-refractivity contribution in [1.29, 1.82) is 0 Å². The van der Waals surface area contributed by atoms with Crippen molar-refractivity contribution in [3.05, 3.63) is 53.6 Å². The summed E-state index contributed by atoms with van der Waals surface area (Å²) in [5.74, 6) is 0. The fourth-order valence-corrected chi connectivity index (χ4v) is 2.85. The zero-order chi connectivity index (χ0) is 16.8. The average Bonchev–Trinajstić information content (AvgIpc) is 2.83. The van der Waals surface area contributed by atoms with Crippen molar-refractivity contribution in [1.82, 2.24) is 19.8 Å². The molecule has 2 amide bonds. The molecule has 1 N–H and O–H groups in total. The van der Waals surface area contributed by atoms with Crippen LogP contribution in [0.2, 0.25) is 5.15 Å². The second kappa shape index (κ2) is 8.08. The van der Waals surface area contributed by atoms with Gasteiger partial charge in [0.25, 0.3) is 0 Å². The van der Waals surface area contributed by atoms with Crippen molar-refractivity contribution in [3.63, 3.8) is 0 Å². The van der Waals surface area contributed by atoms with Crippen molar-refractivity contribution in [2.24, 2.45) is 0 Å². The Hall–Kier alpha value is -2.18. The van der Waals surface area contributed by atoms with Crippen LogP contribution < -0.4 is 5.32 Å². The van der Waals surface area contributed by atoms with Crippen molar-refractivity contribution >= 4 is 23.3 Å². The Kier molecular flexibility index (Phi) is 5.61. The van der Waals surface area contributed by atoms with E-state index in [1.165, 1.54) is 5.56 Å². The molecule has 0 bridgehead atoms. The first kappa shape index (κ1) is 16.7. The highest BCUT2D eigenvalue weighted by atomic mass is 35.5. The van der Waals surface area contributed by atoms with Gasteiger partial charge in [-0.15, -0.1) is 0 Å². The van der Waals surface area contributed by atoms with Crippen LogP contribution in [0.3, 0.4) is 0 Å². The van der Waals surface area contributed by atoms with Gasteiger partial charge in [0.15, 0.2) is 0 Å². The van der Waals surface area contributed by atoms with E-state index in [4.69, 9.17) is 11.6 Å². The third-order valence-corrected chi connectivity index (χ3v) is 4.21. The summed E-state index contributed by atoms with van der Waals surface area (Å²) in [6.07, 6.45) is 6.19. The molecule has 0 unspecified atom stereocenters. The number of amides is 2. The first-order valence-corrected chi connectivity index (χ1v) is 8.37. The van der Waals surface area contributed by atoms with E-state index in [9.17, 15) is 4.79 Å². The Morgan fingerprint density at radius 2 is 2.08 bits per heavy atom. The Balaban J connectivity index is 1.53. The van der Waals surface area contributed by atoms with Gasteiger partial charge in [0.2, 0.25) is 0 Å². The van der Waals surface area contributed by atoms with Gasteiger partial charge in [-0.2, -0.15) is 0 Å². The van der Waals surface area contributed by atoms with Crippen LogP contribution in [-0.4, -0.2) is 52.0 Å². The summed E-state index contributed by atoms with van der Waals surface area (Å²) in [7, 11) is 0. The lowest BCUT2D eigenvalue weighted by Gasteiger charge is -2.22. The summed E-state index contributed by atoms with van der Waals surface area (Å²) in [6, 6.07) is 7.35. The number of pyridine rings is 2. The van der Waals surface area contributed by atoms with E-state index in [2.05, 4.69) is 26.3 Å². The molecular formula is C17H20ClN5O. The maximum Gasteiger partial charge on any atom is 0.321 e. The number of nitrogens with one attached hydrogen (secondary N) is 1. The Bertz CT molecular complexity index is 664. The molecule has 3 rings (SSSR count). The largest absolute Gasteiger partial charge is 0.323 e. The summed E-state index contributed by atoms with van der Waals surface area (Å²) in [6.45, 7) is 4.14. The van der Waals surface area contributed by atoms with E-state index in [1.807, 2.05) is 17.2 Å². The molecule has 0 aromatic carbocycles. The average molecular weight is 346 g/mol. The quantitative estimate of drug-likeness (QED) is 0.869. The molecule has 6 nitrogen and oxygen atoms in total. The highest BCUT2D eigenvalue weighted by Gasteiger charge is 2.19. The second-order valence-corrected chi connectivity index (χ2v) is 6.17. The molecule has 0 spiro atoms. The van der Waals surface area contributed by atoms with E-state index in [0.717, 1.165) is 32.6 Å². The molecule has 24 heavy (non-hydrogen) atoms. The third kappa shape index (κ3) is 4.66. The van der Waals surface area contributed by atoms with E-state index >= 15 is 0 Å². The summed E-state index contributed by atoms with van der Waals surface area (Å²) in [5, 5.41) is 3.28. The number of hydrogen-bond acceptors (Lipinski definition) is 4.